The minimum atomic E-state index is -4.17. The van der Waals surface area contributed by atoms with E-state index in [-0.39, 0.29) is 39.1 Å². The van der Waals surface area contributed by atoms with Gasteiger partial charge in [-0.25, -0.2) is 8.42 Å². The zero-order valence-electron chi connectivity index (χ0n) is 22.9. The molecular weight excluding hydrogens is 569 g/mol. The van der Waals surface area contributed by atoms with Gasteiger partial charge >= 0.3 is 0 Å². The average molecular weight is 605 g/mol. The summed E-state index contributed by atoms with van der Waals surface area (Å²) in [5.41, 5.74) is 1.18. The van der Waals surface area contributed by atoms with Crippen LogP contribution in [0.25, 0.3) is 0 Å². The molecule has 0 aliphatic heterocycles. The Kier molecular flexibility index (Phi) is 11.4. The maximum atomic E-state index is 14.0. The lowest BCUT2D eigenvalue weighted by Crippen LogP contribution is -2.54. The van der Waals surface area contributed by atoms with E-state index in [1.165, 1.54) is 35.2 Å². The highest BCUT2D eigenvalue weighted by Gasteiger charge is 2.33. The van der Waals surface area contributed by atoms with Gasteiger partial charge in [-0.3, -0.25) is 13.9 Å². The number of anilines is 1. The number of hydrogen-bond donors (Lipinski definition) is 1. The molecule has 2 amide bonds. The number of rotatable bonds is 13. The standard InChI is InChI=1S/C30H35Cl2N3O4S/c1-4-22(3)33-30(37)28(5-2)34(19-18-23-12-8-6-9-13-23)29(36)21-35(24-16-17-26(31)27(32)20-24)40(38,39)25-14-10-7-11-15-25/h6-17,20,22,28H,4-5,18-19,21H2,1-3H3,(H,33,37)/t22-,28-/m0/s1. The zero-order chi connectivity index (χ0) is 29.3. The van der Waals surface area contributed by atoms with E-state index in [1.807, 2.05) is 51.1 Å². The largest absolute Gasteiger partial charge is 0.352 e. The topological polar surface area (TPSA) is 86.8 Å². The van der Waals surface area contributed by atoms with E-state index in [4.69, 9.17) is 23.2 Å². The van der Waals surface area contributed by atoms with E-state index in [1.54, 1.807) is 18.2 Å². The molecule has 2 atom stereocenters. The summed E-state index contributed by atoms with van der Waals surface area (Å²) in [6, 6.07) is 21.0. The lowest BCUT2D eigenvalue weighted by Gasteiger charge is -2.33. The van der Waals surface area contributed by atoms with Crippen LogP contribution >= 0.6 is 23.2 Å². The van der Waals surface area contributed by atoms with Crippen molar-refractivity contribution in [1.82, 2.24) is 10.2 Å². The second kappa shape index (κ2) is 14.5. The van der Waals surface area contributed by atoms with Crippen molar-refractivity contribution < 1.29 is 18.0 Å². The Labute approximate surface area is 247 Å². The minimum absolute atomic E-state index is 0.0197. The number of carbonyl (C=O) groups is 2. The zero-order valence-corrected chi connectivity index (χ0v) is 25.2. The normalized spacial score (nSPS) is 12.8. The molecule has 0 bridgehead atoms. The van der Waals surface area contributed by atoms with Crippen molar-refractivity contribution in [2.24, 2.45) is 0 Å². The number of benzene rings is 3. The molecule has 7 nitrogen and oxygen atoms in total. The van der Waals surface area contributed by atoms with Gasteiger partial charge in [0.25, 0.3) is 10.0 Å². The molecule has 0 aliphatic carbocycles. The van der Waals surface area contributed by atoms with Gasteiger partial charge in [-0.2, -0.15) is 0 Å². The molecule has 214 valence electrons. The van der Waals surface area contributed by atoms with E-state index < -0.39 is 28.5 Å². The molecule has 0 radical (unpaired) electrons. The highest BCUT2D eigenvalue weighted by molar-refractivity contribution is 7.92. The van der Waals surface area contributed by atoms with Crippen molar-refractivity contribution in [3.05, 3.63) is 94.5 Å². The van der Waals surface area contributed by atoms with Crippen LogP contribution in [0.15, 0.2) is 83.8 Å². The third-order valence-electron chi connectivity index (χ3n) is 6.67. The Morgan fingerprint density at radius 3 is 2.08 bits per heavy atom. The molecule has 3 aromatic carbocycles. The number of halogens is 2. The highest BCUT2D eigenvalue weighted by atomic mass is 35.5. The van der Waals surface area contributed by atoms with Crippen LogP contribution in [0.4, 0.5) is 5.69 Å². The number of nitrogens with one attached hydrogen (secondary N) is 1. The summed E-state index contributed by atoms with van der Waals surface area (Å²) in [7, 11) is -4.17. The first kappa shape index (κ1) is 31.5. The van der Waals surface area contributed by atoms with Gasteiger partial charge in [0.05, 0.1) is 20.6 Å². The molecule has 10 heteroatoms. The maximum absolute atomic E-state index is 14.0. The second-order valence-electron chi connectivity index (χ2n) is 9.49. The number of carbonyl (C=O) groups excluding carboxylic acids is 2. The van der Waals surface area contributed by atoms with Crippen molar-refractivity contribution in [2.75, 3.05) is 17.4 Å². The van der Waals surface area contributed by atoms with Gasteiger partial charge < -0.3 is 10.2 Å². The Morgan fingerprint density at radius 1 is 0.875 bits per heavy atom. The van der Waals surface area contributed by atoms with Crippen LogP contribution in [0.2, 0.25) is 10.0 Å². The fraction of sp³-hybridized carbons (Fsp3) is 0.333. The van der Waals surface area contributed by atoms with E-state index in [0.717, 1.165) is 16.3 Å². The van der Waals surface area contributed by atoms with Gasteiger partial charge in [-0.05, 0) is 62.1 Å². The Bertz CT molecular complexity index is 1390. The molecule has 0 saturated heterocycles. The predicted molar refractivity (Wildman–Crippen MR) is 161 cm³/mol. The number of amides is 2. The maximum Gasteiger partial charge on any atom is 0.264 e. The monoisotopic (exact) mass is 603 g/mol. The van der Waals surface area contributed by atoms with Crippen molar-refractivity contribution in [3.8, 4) is 0 Å². The summed E-state index contributed by atoms with van der Waals surface area (Å²) in [5.74, 6) is -0.780. The molecule has 3 rings (SSSR count). The van der Waals surface area contributed by atoms with Gasteiger partial charge in [0.2, 0.25) is 11.8 Å². The summed E-state index contributed by atoms with van der Waals surface area (Å²) in [6.45, 7) is 5.40. The quantitative estimate of drug-likeness (QED) is 0.261. The van der Waals surface area contributed by atoms with Crippen molar-refractivity contribution in [3.63, 3.8) is 0 Å². The van der Waals surface area contributed by atoms with Crippen LogP contribution in [-0.2, 0) is 26.0 Å². The highest BCUT2D eigenvalue weighted by Crippen LogP contribution is 2.30. The van der Waals surface area contributed by atoms with Crippen LogP contribution in [0.1, 0.15) is 39.2 Å². The second-order valence-corrected chi connectivity index (χ2v) is 12.2. The molecule has 0 fully saturated rings. The first-order chi connectivity index (χ1) is 19.1. The Hall–Kier alpha value is -3.07. The summed E-state index contributed by atoms with van der Waals surface area (Å²) in [4.78, 5) is 28.8. The molecular formula is C30H35Cl2N3O4S. The minimum Gasteiger partial charge on any atom is -0.352 e. The van der Waals surface area contributed by atoms with E-state index in [0.29, 0.717) is 12.8 Å². The number of nitrogens with zero attached hydrogens (tertiary/aromatic N) is 2. The van der Waals surface area contributed by atoms with Crippen LogP contribution in [-0.4, -0.2) is 50.3 Å². The van der Waals surface area contributed by atoms with Gasteiger partial charge in [0.15, 0.2) is 0 Å². The van der Waals surface area contributed by atoms with Crippen molar-refractivity contribution in [2.45, 2.75) is 57.0 Å². The number of hydrogen-bond acceptors (Lipinski definition) is 4. The SMILES string of the molecule is CC[C@H](C)NC(=O)[C@H](CC)N(CCc1ccccc1)C(=O)CN(c1ccc(Cl)c(Cl)c1)S(=O)(=O)c1ccccc1. The summed E-state index contributed by atoms with van der Waals surface area (Å²) in [6.07, 6.45) is 1.60. The molecule has 40 heavy (non-hydrogen) atoms. The van der Waals surface area contributed by atoms with Gasteiger partial charge in [-0.15, -0.1) is 0 Å². The molecule has 0 saturated carbocycles. The van der Waals surface area contributed by atoms with Gasteiger partial charge in [-0.1, -0.05) is 85.6 Å². The lowest BCUT2D eigenvalue weighted by atomic mass is 10.1. The first-order valence-corrected chi connectivity index (χ1v) is 15.4. The van der Waals surface area contributed by atoms with Crippen LogP contribution < -0.4 is 9.62 Å². The predicted octanol–water partition coefficient (Wildman–Crippen LogP) is 5.95. The lowest BCUT2D eigenvalue weighted by molar-refractivity contribution is -0.139. The molecule has 0 spiro atoms. The first-order valence-electron chi connectivity index (χ1n) is 13.2. The van der Waals surface area contributed by atoms with Crippen LogP contribution in [0, 0.1) is 0 Å². The van der Waals surface area contributed by atoms with E-state index in [9.17, 15) is 18.0 Å². The Balaban J connectivity index is 2.02. The van der Waals surface area contributed by atoms with E-state index >= 15 is 0 Å². The summed E-state index contributed by atoms with van der Waals surface area (Å²) < 4.78 is 28.7. The summed E-state index contributed by atoms with van der Waals surface area (Å²) in [5, 5.41) is 3.38. The van der Waals surface area contributed by atoms with Crippen LogP contribution in [0.5, 0.6) is 0 Å². The number of sulfonamides is 1. The molecule has 0 heterocycles. The van der Waals surface area contributed by atoms with Crippen LogP contribution in [0.3, 0.4) is 0 Å². The van der Waals surface area contributed by atoms with E-state index in [2.05, 4.69) is 5.32 Å². The molecule has 3 aromatic rings. The van der Waals surface area contributed by atoms with Gasteiger partial charge in [0, 0.05) is 12.6 Å². The third-order valence-corrected chi connectivity index (χ3v) is 9.20. The molecule has 0 unspecified atom stereocenters. The van der Waals surface area contributed by atoms with Crippen molar-refractivity contribution >= 4 is 50.7 Å². The fourth-order valence-electron chi connectivity index (χ4n) is 4.23. The molecule has 1 N–H and O–H groups in total. The van der Waals surface area contributed by atoms with Crippen molar-refractivity contribution in [1.29, 1.82) is 0 Å². The Morgan fingerprint density at radius 2 is 1.50 bits per heavy atom. The molecule has 0 aliphatic rings. The van der Waals surface area contributed by atoms with Gasteiger partial charge in [0.1, 0.15) is 12.6 Å². The summed E-state index contributed by atoms with van der Waals surface area (Å²) >= 11 is 12.3. The molecule has 0 aromatic heterocycles. The fourth-order valence-corrected chi connectivity index (χ4v) is 5.94. The smallest absolute Gasteiger partial charge is 0.264 e. The average Bonchev–Trinajstić information content (AvgIpc) is 2.96. The third kappa shape index (κ3) is 7.99.